The molecule has 1 heterocycles. The number of hydrogen-bond donors (Lipinski definition) is 1. The van der Waals surface area contributed by atoms with Gasteiger partial charge in [-0.2, -0.15) is 10.5 Å². The molecule has 1 N–H and O–H groups in total. The van der Waals surface area contributed by atoms with Gasteiger partial charge in [0, 0.05) is 19.2 Å². The molecule has 6 heteroatoms. The summed E-state index contributed by atoms with van der Waals surface area (Å²) in [5.74, 6) is 0.274. The van der Waals surface area contributed by atoms with Gasteiger partial charge >= 0.3 is 6.03 Å². The van der Waals surface area contributed by atoms with Gasteiger partial charge in [0.15, 0.2) is 0 Å². The number of amides is 2. The van der Waals surface area contributed by atoms with Gasteiger partial charge in [0.25, 0.3) is 0 Å². The van der Waals surface area contributed by atoms with Crippen molar-refractivity contribution in [2.45, 2.75) is 31.7 Å². The number of hydroxylamine groups is 1. The molecule has 0 unspecified atom stereocenters. The van der Waals surface area contributed by atoms with E-state index in [4.69, 9.17) is 16.4 Å². The summed E-state index contributed by atoms with van der Waals surface area (Å²) in [5.41, 5.74) is 2.37. The number of carbonyl (C=O) groups excluding carboxylic acids is 1. The standard InChI is InChI=1S/C12H16ClN3O2/c1-16(9-5-2-3-6-9)12(17)15-18-11-8-4-7-10(13)14-11/h4,7-9H,2-3,5-6H2,1H3,(H,15,17). The molecule has 5 nitrogen and oxygen atoms in total. The Morgan fingerprint density at radius 2 is 2.22 bits per heavy atom. The normalized spacial score (nSPS) is 15.4. The molecule has 0 radical (unpaired) electrons. The SMILES string of the molecule is CN(C(=O)NOc1cccc(Cl)n1)C1CCCC1. The zero-order valence-corrected chi connectivity index (χ0v) is 11.0. The topological polar surface area (TPSA) is 54.5 Å². The number of rotatable bonds is 3. The van der Waals surface area contributed by atoms with Gasteiger partial charge in [-0.15, -0.1) is 0 Å². The molecule has 2 amide bonds. The van der Waals surface area contributed by atoms with Crippen LogP contribution in [-0.2, 0) is 0 Å². The minimum absolute atomic E-state index is 0.260. The number of hydrogen-bond acceptors (Lipinski definition) is 3. The third kappa shape index (κ3) is 3.26. The highest BCUT2D eigenvalue weighted by Gasteiger charge is 2.23. The molecule has 98 valence electrons. The fourth-order valence-corrected chi connectivity index (χ4v) is 2.23. The Bertz CT molecular complexity index is 422. The molecule has 1 aromatic heterocycles. The number of nitrogens with one attached hydrogen (secondary N) is 1. The van der Waals surface area contributed by atoms with E-state index in [9.17, 15) is 4.79 Å². The van der Waals surface area contributed by atoms with Gasteiger partial charge < -0.3 is 9.74 Å². The zero-order chi connectivity index (χ0) is 13.0. The quantitative estimate of drug-likeness (QED) is 0.678. The second kappa shape index (κ2) is 5.91. The lowest BCUT2D eigenvalue weighted by Gasteiger charge is -2.23. The molecule has 0 aromatic carbocycles. The van der Waals surface area contributed by atoms with Gasteiger partial charge in [0.2, 0.25) is 5.88 Å². The van der Waals surface area contributed by atoms with Gasteiger partial charge in [-0.3, -0.25) is 0 Å². The molecule has 0 saturated heterocycles. The van der Waals surface area contributed by atoms with E-state index in [1.54, 1.807) is 30.1 Å². The predicted octanol–water partition coefficient (Wildman–Crippen LogP) is 2.61. The average Bonchev–Trinajstić information content (AvgIpc) is 2.89. The van der Waals surface area contributed by atoms with Crippen LogP contribution in [0, 0.1) is 0 Å². The van der Waals surface area contributed by atoms with Gasteiger partial charge in [-0.05, 0) is 18.9 Å². The van der Waals surface area contributed by atoms with Crippen LogP contribution in [0.1, 0.15) is 25.7 Å². The maximum absolute atomic E-state index is 11.8. The molecule has 1 aromatic rings. The molecule has 0 aliphatic heterocycles. The van der Waals surface area contributed by atoms with Crippen LogP contribution in [-0.4, -0.2) is 29.0 Å². The van der Waals surface area contributed by atoms with Crippen LogP contribution >= 0.6 is 11.6 Å². The summed E-state index contributed by atoms with van der Waals surface area (Å²) < 4.78 is 0. The molecule has 1 aliphatic carbocycles. The number of urea groups is 1. The van der Waals surface area contributed by atoms with Crippen molar-refractivity contribution in [1.82, 2.24) is 15.4 Å². The van der Waals surface area contributed by atoms with Crippen molar-refractivity contribution in [2.24, 2.45) is 0 Å². The second-order valence-electron chi connectivity index (χ2n) is 4.36. The number of pyridine rings is 1. The lowest BCUT2D eigenvalue weighted by atomic mass is 10.2. The maximum atomic E-state index is 11.8. The summed E-state index contributed by atoms with van der Waals surface area (Å²) in [4.78, 5) is 22.5. The molecular formula is C12H16ClN3O2. The van der Waals surface area contributed by atoms with E-state index in [1.165, 1.54) is 12.8 Å². The summed E-state index contributed by atoms with van der Waals surface area (Å²) in [7, 11) is 1.78. The molecule has 18 heavy (non-hydrogen) atoms. The second-order valence-corrected chi connectivity index (χ2v) is 4.74. The minimum atomic E-state index is -0.260. The third-order valence-electron chi connectivity index (χ3n) is 3.13. The average molecular weight is 270 g/mol. The number of carbonyl (C=O) groups is 1. The predicted molar refractivity (Wildman–Crippen MR) is 68.4 cm³/mol. The van der Waals surface area contributed by atoms with Gasteiger partial charge in [0.05, 0.1) is 0 Å². The molecule has 0 bridgehead atoms. The van der Waals surface area contributed by atoms with Crippen molar-refractivity contribution in [1.29, 1.82) is 0 Å². The van der Waals surface area contributed by atoms with E-state index >= 15 is 0 Å². The molecule has 1 saturated carbocycles. The van der Waals surface area contributed by atoms with Crippen molar-refractivity contribution in [3.63, 3.8) is 0 Å². The monoisotopic (exact) mass is 269 g/mol. The highest BCUT2D eigenvalue weighted by molar-refractivity contribution is 6.29. The maximum Gasteiger partial charge on any atom is 0.350 e. The lowest BCUT2D eigenvalue weighted by molar-refractivity contribution is 0.135. The summed E-state index contributed by atoms with van der Waals surface area (Å²) >= 11 is 5.71. The van der Waals surface area contributed by atoms with E-state index in [1.807, 2.05) is 0 Å². The van der Waals surface area contributed by atoms with Crippen LogP contribution in [0.5, 0.6) is 5.88 Å². The number of halogens is 1. The Hall–Kier alpha value is -1.49. The van der Waals surface area contributed by atoms with Crippen LogP contribution in [0.25, 0.3) is 0 Å². The number of aromatic nitrogens is 1. The van der Waals surface area contributed by atoms with Crippen LogP contribution in [0.2, 0.25) is 5.15 Å². The summed E-state index contributed by atoms with van der Waals surface area (Å²) in [5, 5.41) is 0.325. The van der Waals surface area contributed by atoms with E-state index in [0.717, 1.165) is 12.8 Å². The van der Waals surface area contributed by atoms with Crippen molar-refractivity contribution >= 4 is 17.6 Å². The Morgan fingerprint density at radius 3 is 2.89 bits per heavy atom. The fourth-order valence-electron chi connectivity index (χ4n) is 2.07. The first-order valence-corrected chi connectivity index (χ1v) is 6.37. The first kappa shape index (κ1) is 13.0. The molecule has 0 spiro atoms. The van der Waals surface area contributed by atoms with Gasteiger partial charge in [-0.25, -0.2) is 4.79 Å². The molecule has 0 atom stereocenters. The van der Waals surface area contributed by atoms with Crippen molar-refractivity contribution in [3.05, 3.63) is 23.4 Å². The Kier molecular flexibility index (Phi) is 4.25. The van der Waals surface area contributed by atoms with Crippen molar-refractivity contribution in [3.8, 4) is 5.88 Å². The zero-order valence-electron chi connectivity index (χ0n) is 10.2. The van der Waals surface area contributed by atoms with Gasteiger partial charge in [0.1, 0.15) is 5.15 Å². The van der Waals surface area contributed by atoms with E-state index in [0.29, 0.717) is 11.2 Å². The lowest BCUT2D eigenvalue weighted by Crippen LogP contribution is -2.43. The Morgan fingerprint density at radius 1 is 1.50 bits per heavy atom. The highest BCUT2D eigenvalue weighted by atomic mass is 35.5. The Labute approximate surface area is 111 Å². The molecule has 2 rings (SSSR count). The van der Waals surface area contributed by atoms with Gasteiger partial charge in [-0.1, -0.05) is 30.5 Å². The number of nitrogens with zero attached hydrogens (tertiary/aromatic N) is 2. The molecule has 1 fully saturated rings. The minimum Gasteiger partial charge on any atom is -0.358 e. The van der Waals surface area contributed by atoms with Crippen LogP contribution < -0.4 is 10.3 Å². The van der Waals surface area contributed by atoms with E-state index in [2.05, 4.69) is 10.5 Å². The van der Waals surface area contributed by atoms with E-state index < -0.39 is 0 Å². The van der Waals surface area contributed by atoms with Crippen molar-refractivity contribution in [2.75, 3.05) is 7.05 Å². The van der Waals surface area contributed by atoms with Crippen LogP contribution in [0.15, 0.2) is 18.2 Å². The largest absolute Gasteiger partial charge is 0.358 e. The summed E-state index contributed by atoms with van der Waals surface area (Å²) in [6.07, 6.45) is 4.47. The third-order valence-corrected chi connectivity index (χ3v) is 3.34. The van der Waals surface area contributed by atoms with Crippen LogP contribution in [0.4, 0.5) is 4.79 Å². The molecular weight excluding hydrogens is 254 g/mol. The Balaban J connectivity index is 1.84. The van der Waals surface area contributed by atoms with Crippen molar-refractivity contribution < 1.29 is 9.63 Å². The summed E-state index contributed by atoms with van der Waals surface area (Å²) in [6.45, 7) is 0. The molecule has 1 aliphatic rings. The fraction of sp³-hybridized carbons (Fsp3) is 0.500. The first-order valence-electron chi connectivity index (χ1n) is 5.99. The first-order chi connectivity index (χ1) is 8.66. The van der Waals surface area contributed by atoms with Crippen LogP contribution in [0.3, 0.4) is 0 Å². The smallest absolute Gasteiger partial charge is 0.350 e. The summed E-state index contributed by atoms with van der Waals surface area (Å²) in [6, 6.07) is 5.02. The highest BCUT2D eigenvalue weighted by Crippen LogP contribution is 2.22. The van der Waals surface area contributed by atoms with E-state index in [-0.39, 0.29) is 11.9 Å².